The molecule has 3 aromatic heterocycles. The van der Waals surface area contributed by atoms with Gasteiger partial charge in [0, 0.05) is 11.4 Å². The summed E-state index contributed by atoms with van der Waals surface area (Å²) in [5.74, 6) is 0.412. The first-order chi connectivity index (χ1) is 16.6. The number of thiophene rings is 1. The number of carbonyl (C=O) groups is 1. The Labute approximate surface area is 204 Å². The summed E-state index contributed by atoms with van der Waals surface area (Å²) in [5, 5.41) is 23.0. The van der Waals surface area contributed by atoms with Crippen LogP contribution in [0.1, 0.15) is 48.6 Å². The Bertz CT molecular complexity index is 1490. The van der Waals surface area contributed by atoms with Gasteiger partial charge in [0.05, 0.1) is 22.2 Å². The van der Waals surface area contributed by atoms with Gasteiger partial charge in [0.25, 0.3) is 5.56 Å². The molecular formula is C24H24N6O2S2. The maximum atomic E-state index is 13.1. The number of fused-ring (bicyclic) bond motifs is 4. The van der Waals surface area contributed by atoms with Gasteiger partial charge >= 0.3 is 0 Å². The molecule has 0 saturated heterocycles. The van der Waals surface area contributed by atoms with Crippen molar-refractivity contribution >= 4 is 50.7 Å². The van der Waals surface area contributed by atoms with Crippen molar-refractivity contribution in [3.8, 4) is 6.07 Å². The molecule has 10 heteroatoms. The number of carbonyl (C=O) groups excluding carboxylic acids is 1. The number of nitrogens with one attached hydrogen (secondary N) is 1. The van der Waals surface area contributed by atoms with Crippen LogP contribution in [0.25, 0.3) is 16.7 Å². The highest BCUT2D eigenvalue weighted by Crippen LogP contribution is 2.37. The smallest absolute Gasteiger partial charge is 0.262 e. The van der Waals surface area contributed by atoms with Gasteiger partial charge in [0.1, 0.15) is 11.1 Å². The maximum Gasteiger partial charge on any atom is 0.262 e. The van der Waals surface area contributed by atoms with Gasteiger partial charge in [-0.05, 0) is 49.8 Å². The van der Waals surface area contributed by atoms with Crippen molar-refractivity contribution in [2.45, 2.75) is 57.1 Å². The lowest BCUT2D eigenvalue weighted by Gasteiger charge is -2.10. The highest BCUT2D eigenvalue weighted by Gasteiger charge is 2.22. The first-order valence-corrected chi connectivity index (χ1v) is 13.3. The average molecular weight is 493 g/mol. The number of nitriles is 1. The number of para-hydroxylation sites is 1. The molecule has 34 heavy (non-hydrogen) atoms. The number of anilines is 1. The summed E-state index contributed by atoms with van der Waals surface area (Å²) in [6.45, 7) is 2.64. The van der Waals surface area contributed by atoms with E-state index >= 15 is 0 Å². The molecule has 1 aromatic carbocycles. The lowest BCUT2D eigenvalue weighted by Crippen LogP contribution is -2.23. The van der Waals surface area contributed by atoms with Crippen LogP contribution in [0, 0.1) is 11.3 Å². The molecule has 0 fully saturated rings. The zero-order valence-corrected chi connectivity index (χ0v) is 20.5. The van der Waals surface area contributed by atoms with E-state index in [2.05, 4.69) is 28.5 Å². The number of nitrogens with zero attached hydrogens (tertiary/aromatic N) is 5. The SMILES string of the molecule is CCCCn1c(=O)c2ccccc2n2c(SCC(=O)Nc3sc4c(c3C#N)CCCC4)nnc12. The van der Waals surface area contributed by atoms with Gasteiger partial charge < -0.3 is 5.32 Å². The molecule has 1 N–H and O–H groups in total. The van der Waals surface area contributed by atoms with Gasteiger partial charge in [0.2, 0.25) is 11.7 Å². The van der Waals surface area contributed by atoms with E-state index in [0.717, 1.165) is 49.6 Å². The molecular weight excluding hydrogens is 468 g/mol. The van der Waals surface area contributed by atoms with Crippen molar-refractivity contribution in [3.05, 3.63) is 50.6 Å². The monoisotopic (exact) mass is 492 g/mol. The summed E-state index contributed by atoms with van der Waals surface area (Å²) in [5.41, 5.74) is 2.35. The predicted molar refractivity (Wildman–Crippen MR) is 135 cm³/mol. The van der Waals surface area contributed by atoms with Crippen LogP contribution in [-0.4, -0.2) is 30.8 Å². The van der Waals surface area contributed by atoms with E-state index in [4.69, 9.17) is 0 Å². The van der Waals surface area contributed by atoms with Crippen LogP contribution in [0.4, 0.5) is 5.00 Å². The Morgan fingerprint density at radius 2 is 2.09 bits per heavy atom. The highest BCUT2D eigenvalue weighted by atomic mass is 32.2. The molecule has 0 atom stereocenters. The topological polar surface area (TPSA) is 105 Å². The molecule has 3 heterocycles. The number of rotatable bonds is 7. The van der Waals surface area contributed by atoms with E-state index in [1.54, 1.807) is 4.57 Å². The van der Waals surface area contributed by atoms with E-state index in [-0.39, 0.29) is 17.2 Å². The minimum Gasteiger partial charge on any atom is -0.316 e. The predicted octanol–water partition coefficient (Wildman–Crippen LogP) is 4.39. The van der Waals surface area contributed by atoms with Gasteiger partial charge in [0.15, 0.2) is 5.16 Å². The van der Waals surface area contributed by atoms with Crippen molar-refractivity contribution in [2.24, 2.45) is 0 Å². The molecule has 0 radical (unpaired) electrons. The second kappa shape index (κ2) is 9.60. The van der Waals surface area contributed by atoms with Crippen LogP contribution in [0.5, 0.6) is 0 Å². The van der Waals surface area contributed by atoms with Gasteiger partial charge in [-0.3, -0.25) is 18.6 Å². The third kappa shape index (κ3) is 3.99. The lowest BCUT2D eigenvalue weighted by atomic mass is 9.96. The molecule has 4 aromatic rings. The molecule has 5 rings (SSSR count). The molecule has 0 bridgehead atoms. The third-order valence-electron chi connectivity index (χ3n) is 6.08. The Kier molecular flexibility index (Phi) is 6.39. The van der Waals surface area contributed by atoms with E-state index < -0.39 is 0 Å². The Balaban J connectivity index is 1.42. The number of hydrogen-bond donors (Lipinski definition) is 1. The van der Waals surface area contributed by atoms with Crippen LogP contribution < -0.4 is 10.9 Å². The molecule has 1 amide bonds. The minimum absolute atomic E-state index is 0.0797. The quantitative estimate of drug-likeness (QED) is 0.384. The fourth-order valence-corrected chi connectivity index (χ4v) is 6.41. The summed E-state index contributed by atoms with van der Waals surface area (Å²) < 4.78 is 3.52. The van der Waals surface area contributed by atoms with Crippen LogP contribution in [0.3, 0.4) is 0 Å². The molecule has 0 spiro atoms. The molecule has 1 aliphatic carbocycles. The summed E-state index contributed by atoms with van der Waals surface area (Å²) in [6.07, 6.45) is 5.89. The van der Waals surface area contributed by atoms with Gasteiger partial charge in [-0.1, -0.05) is 37.2 Å². The Morgan fingerprint density at radius 3 is 2.91 bits per heavy atom. The minimum atomic E-state index is -0.194. The standard InChI is InChI=1S/C24H24N6O2S2/c1-2-3-12-29-22(32)16-9-4-6-10-18(16)30-23(29)27-28-24(30)33-14-20(31)26-21-17(13-25)15-8-5-7-11-19(15)34-21/h4,6,9-10H,2-3,5,7-8,11-12,14H2,1H3,(H,26,31). The van der Waals surface area contributed by atoms with E-state index in [1.165, 1.54) is 28.0 Å². The largest absolute Gasteiger partial charge is 0.316 e. The molecule has 0 aliphatic heterocycles. The summed E-state index contributed by atoms with van der Waals surface area (Å²) in [7, 11) is 0. The van der Waals surface area contributed by atoms with Crippen molar-refractivity contribution in [3.63, 3.8) is 0 Å². The maximum absolute atomic E-state index is 13.1. The summed E-state index contributed by atoms with van der Waals surface area (Å²) in [6, 6.07) is 9.68. The van der Waals surface area contributed by atoms with E-state index in [1.807, 2.05) is 28.7 Å². The Hall–Kier alpha value is -3.16. The lowest BCUT2D eigenvalue weighted by molar-refractivity contribution is -0.113. The van der Waals surface area contributed by atoms with Gasteiger partial charge in [-0.25, -0.2) is 0 Å². The zero-order chi connectivity index (χ0) is 23.7. The van der Waals surface area contributed by atoms with Crippen LogP contribution in [0.2, 0.25) is 0 Å². The van der Waals surface area contributed by atoms with Crippen LogP contribution in [0.15, 0.2) is 34.2 Å². The number of unbranched alkanes of at least 4 members (excludes halogenated alkanes) is 1. The van der Waals surface area contributed by atoms with E-state index in [9.17, 15) is 14.9 Å². The van der Waals surface area contributed by atoms with E-state index in [0.29, 0.717) is 33.4 Å². The molecule has 174 valence electrons. The fourth-order valence-electron chi connectivity index (χ4n) is 4.41. The van der Waals surface area contributed by atoms with Crippen LogP contribution in [-0.2, 0) is 24.2 Å². The molecule has 8 nitrogen and oxygen atoms in total. The number of benzene rings is 1. The number of amides is 1. The normalized spacial score (nSPS) is 13.2. The fraction of sp³-hybridized carbons (Fsp3) is 0.375. The number of aromatic nitrogens is 4. The number of thioether (sulfide) groups is 1. The van der Waals surface area contributed by atoms with Gasteiger partial charge in [-0.15, -0.1) is 21.5 Å². The molecule has 0 unspecified atom stereocenters. The van der Waals surface area contributed by atoms with Crippen molar-refractivity contribution < 1.29 is 4.79 Å². The first-order valence-electron chi connectivity index (χ1n) is 11.5. The second-order valence-corrected chi connectivity index (χ2v) is 10.4. The third-order valence-corrected chi connectivity index (χ3v) is 8.22. The summed E-state index contributed by atoms with van der Waals surface area (Å²) >= 11 is 2.79. The molecule has 1 aliphatic rings. The van der Waals surface area contributed by atoms with Crippen molar-refractivity contribution in [1.29, 1.82) is 5.26 Å². The highest BCUT2D eigenvalue weighted by molar-refractivity contribution is 7.99. The Morgan fingerprint density at radius 1 is 1.26 bits per heavy atom. The van der Waals surface area contributed by atoms with Crippen LogP contribution >= 0.6 is 23.1 Å². The second-order valence-electron chi connectivity index (χ2n) is 8.31. The van der Waals surface area contributed by atoms with Crippen molar-refractivity contribution in [1.82, 2.24) is 19.2 Å². The molecule has 0 saturated carbocycles. The number of hydrogen-bond acceptors (Lipinski definition) is 7. The van der Waals surface area contributed by atoms with Crippen molar-refractivity contribution in [2.75, 3.05) is 11.1 Å². The zero-order valence-electron chi connectivity index (χ0n) is 18.8. The summed E-state index contributed by atoms with van der Waals surface area (Å²) in [4.78, 5) is 27.1. The van der Waals surface area contributed by atoms with Gasteiger partial charge in [-0.2, -0.15) is 5.26 Å². The average Bonchev–Trinajstić information content (AvgIpc) is 3.43. The first kappa shape index (κ1) is 22.6. The number of aryl methyl sites for hydroxylation is 2.